The van der Waals surface area contributed by atoms with Crippen LogP contribution >= 0.6 is 0 Å². The summed E-state index contributed by atoms with van der Waals surface area (Å²) in [6.07, 6.45) is 0. The number of hydrogen-bond donors (Lipinski definition) is 0. The summed E-state index contributed by atoms with van der Waals surface area (Å²) in [4.78, 5) is 0. The Morgan fingerprint density at radius 1 is 0.923 bits per heavy atom. The van der Waals surface area contributed by atoms with Crippen LogP contribution in [-0.2, 0) is 0 Å². The summed E-state index contributed by atoms with van der Waals surface area (Å²) < 4.78 is 0. The summed E-state index contributed by atoms with van der Waals surface area (Å²) >= 11 is 0. The van der Waals surface area contributed by atoms with Crippen molar-refractivity contribution in [1.82, 2.24) is 0 Å². The fourth-order valence-electron chi connectivity index (χ4n) is 1.33. The van der Waals surface area contributed by atoms with E-state index in [-0.39, 0.29) is 0 Å². The van der Waals surface area contributed by atoms with Crippen LogP contribution in [0.2, 0.25) is 0 Å². The van der Waals surface area contributed by atoms with E-state index in [2.05, 4.69) is 37.3 Å². The van der Waals surface area contributed by atoms with Crippen LogP contribution in [0.4, 0.5) is 0 Å². The van der Waals surface area contributed by atoms with E-state index in [9.17, 15) is 0 Å². The van der Waals surface area contributed by atoms with Gasteiger partial charge in [0.05, 0.1) is 0 Å². The van der Waals surface area contributed by atoms with Gasteiger partial charge in [0.2, 0.25) is 0 Å². The summed E-state index contributed by atoms with van der Waals surface area (Å²) in [6.45, 7) is 3.90. The number of benzene rings is 2. The Bertz CT molecular complexity index is 388. The largest absolute Gasteiger partial charge is 0.0614 e. The van der Waals surface area contributed by atoms with Crippen LogP contribution in [0.5, 0.6) is 0 Å². The van der Waals surface area contributed by atoms with Crippen LogP contribution in [0.25, 0.3) is 11.1 Å². The predicted molar refractivity (Wildman–Crippen MR) is 55.2 cm³/mol. The highest BCUT2D eigenvalue weighted by Gasteiger charge is 1.94. The average molecular weight is 166 g/mol. The molecule has 0 aliphatic heterocycles. The molecule has 0 heterocycles. The Morgan fingerprint density at radius 3 is 2.38 bits per heavy atom. The van der Waals surface area contributed by atoms with Crippen LogP contribution in [-0.4, -0.2) is 0 Å². The van der Waals surface area contributed by atoms with Crippen molar-refractivity contribution in [2.45, 2.75) is 0 Å². The summed E-state index contributed by atoms with van der Waals surface area (Å²) in [7, 11) is 0. The number of rotatable bonds is 1. The maximum Gasteiger partial charge on any atom is -0.0181 e. The molecule has 0 unspecified atom stereocenters. The molecule has 13 heavy (non-hydrogen) atoms. The third kappa shape index (κ3) is 1.78. The van der Waals surface area contributed by atoms with Crippen molar-refractivity contribution in [3.05, 3.63) is 67.1 Å². The predicted octanol–water partition coefficient (Wildman–Crippen LogP) is 3.34. The highest BCUT2D eigenvalue weighted by atomic mass is 14.0. The van der Waals surface area contributed by atoms with Gasteiger partial charge in [-0.2, -0.15) is 0 Å². The summed E-state index contributed by atoms with van der Waals surface area (Å²) in [5.41, 5.74) is 3.47. The minimum Gasteiger partial charge on any atom is -0.0614 e. The second kappa shape index (κ2) is 3.44. The highest BCUT2D eigenvalue weighted by molar-refractivity contribution is 5.64. The molecular formula is C13H10. The minimum absolute atomic E-state index is 1.05. The van der Waals surface area contributed by atoms with E-state index in [0.29, 0.717) is 0 Å². The second-order valence-corrected chi connectivity index (χ2v) is 2.99. The van der Waals surface area contributed by atoms with Crippen LogP contribution in [0, 0.1) is 13.0 Å². The lowest BCUT2D eigenvalue weighted by Crippen LogP contribution is -1.77. The normalized spacial score (nSPS) is 9.92. The fourth-order valence-corrected chi connectivity index (χ4v) is 1.33. The van der Waals surface area contributed by atoms with Crippen molar-refractivity contribution in [1.29, 1.82) is 0 Å². The molecule has 2 radical (unpaired) electrons. The lowest BCUT2D eigenvalue weighted by molar-refractivity contribution is 1.57. The first kappa shape index (κ1) is 8.06. The van der Waals surface area contributed by atoms with Crippen LogP contribution in [0.3, 0.4) is 0 Å². The molecule has 2 aromatic rings. The summed E-state index contributed by atoms with van der Waals surface area (Å²) in [5.74, 6) is 0. The van der Waals surface area contributed by atoms with Gasteiger partial charge in [-0.05, 0) is 29.7 Å². The third-order valence-electron chi connectivity index (χ3n) is 1.98. The molecule has 0 aliphatic carbocycles. The SMILES string of the molecule is [CH2]c1cccc(-c2cc[c]cc2)c1. The van der Waals surface area contributed by atoms with E-state index in [0.717, 1.165) is 5.56 Å². The molecule has 0 spiro atoms. The molecular weight excluding hydrogens is 156 g/mol. The van der Waals surface area contributed by atoms with Gasteiger partial charge in [-0.3, -0.25) is 0 Å². The molecule has 0 bridgehead atoms. The average Bonchev–Trinajstić information content (AvgIpc) is 2.19. The fraction of sp³-hybridized carbons (Fsp3) is 0. The van der Waals surface area contributed by atoms with Crippen molar-refractivity contribution in [3.63, 3.8) is 0 Å². The molecule has 0 atom stereocenters. The Kier molecular flexibility index (Phi) is 2.13. The Morgan fingerprint density at radius 2 is 1.69 bits per heavy atom. The zero-order valence-corrected chi connectivity index (χ0v) is 7.33. The van der Waals surface area contributed by atoms with E-state index < -0.39 is 0 Å². The zero-order valence-electron chi connectivity index (χ0n) is 7.33. The van der Waals surface area contributed by atoms with Gasteiger partial charge in [0.15, 0.2) is 0 Å². The van der Waals surface area contributed by atoms with Crippen LogP contribution in [0.1, 0.15) is 5.56 Å². The molecule has 0 fully saturated rings. The number of hydrogen-bond acceptors (Lipinski definition) is 0. The first-order valence-electron chi connectivity index (χ1n) is 4.25. The summed E-state index contributed by atoms with van der Waals surface area (Å²) in [5, 5.41) is 0. The maximum atomic E-state index is 3.90. The molecule has 0 amide bonds. The molecule has 2 rings (SSSR count). The van der Waals surface area contributed by atoms with Crippen molar-refractivity contribution >= 4 is 0 Å². The van der Waals surface area contributed by atoms with Gasteiger partial charge in [0.25, 0.3) is 0 Å². The van der Waals surface area contributed by atoms with E-state index in [1.54, 1.807) is 0 Å². The molecule has 2 aromatic carbocycles. The smallest absolute Gasteiger partial charge is 0.0181 e. The third-order valence-corrected chi connectivity index (χ3v) is 1.98. The summed E-state index contributed by atoms with van der Waals surface area (Å²) in [6, 6.07) is 19.1. The molecule has 0 aromatic heterocycles. The van der Waals surface area contributed by atoms with Gasteiger partial charge < -0.3 is 0 Å². The Hall–Kier alpha value is -1.56. The van der Waals surface area contributed by atoms with E-state index in [1.165, 1.54) is 11.1 Å². The molecule has 0 nitrogen and oxygen atoms in total. The molecule has 0 N–H and O–H groups in total. The standard InChI is InChI=1S/C13H10/c1-11-6-5-9-13(10-11)12-7-3-2-4-8-12/h3-10H,1H2. The Labute approximate surface area is 78.9 Å². The van der Waals surface area contributed by atoms with Gasteiger partial charge in [0, 0.05) is 0 Å². The van der Waals surface area contributed by atoms with E-state index in [4.69, 9.17) is 0 Å². The maximum absolute atomic E-state index is 3.90. The first-order chi connectivity index (χ1) is 6.36. The van der Waals surface area contributed by atoms with Crippen molar-refractivity contribution in [2.75, 3.05) is 0 Å². The monoisotopic (exact) mass is 166 g/mol. The van der Waals surface area contributed by atoms with Gasteiger partial charge >= 0.3 is 0 Å². The molecule has 0 aliphatic rings. The first-order valence-corrected chi connectivity index (χ1v) is 4.25. The van der Waals surface area contributed by atoms with Gasteiger partial charge in [0.1, 0.15) is 0 Å². The lowest BCUT2D eigenvalue weighted by Gasteiger charge is -2.01. The quantitative estimate of drug-likeness (QED) is 0.609. The van der Waals surface area contributed by atoms with Gasteiger partial charge in [-0.15, -0.1) is 0 Å². The highest BCUT2D eigenvalue weighted by Crippen LogP contribution is 2.19. The molecule has 62 valence electrons. The van der Waals surface area contributed by atoms with Gasteiger partial charge in [-0.1, -0.05) is 48.5 Å². The Balaban J connectivity index is 2.48. The molecule has 0 saturated heterocycles. The van der Waals surface area contributed by atoms with Gasteiger partial charge in [-0.25, -0.2) is 0 Å². The lowest BCUT2D eigenvalue weighted by atomic mass is 10.0. The molecule has 0 heteroatoms. The van der Waals surface area contributed by atoms with Crippen molar-refractivity contribution < 1.29 is 0 Å². The topological polar surface area (TPSA) is 0 Å². The van der Waals surface area contributed by atoms with Crippen molar-refractivity contribution in [2.24, 2.45) is 0 Å². The molecule has 0 saturated carbocycles. The second-order valence-electron chi connectivity index (χ2n) is 2.99. The minimum atomic E-state index is 1.05. The van der Waals surface area contributed by atoms with Crippen LogP contribution < -0.4 is 0 Å². The van der Waals surface area contributed by atoms with E-state index in [1.807, 2.05) is 24.3 Å². The van der Waals surface area contributed by atoms with Crippen LogP contribution in [0.15, 0.2) is 48.5 Å². The van der Waals surface area contributed by atoms with E-state index >= 15 is 0 Å². The van der Waals surface area contributed by atoms with Crippen molar-refractivity contribution in [3.8, 4) is 11.1 Å². The zero-order chi connectivity index (χ0) is 9.10.